The number of hydrogen-bond acceptors (Lipinski definition) is 4. The summed E-state index contributed by atoms with van der Waals surface area (Å²) < 4.78 is 56.2. The van der Waals surface area contributed by atoms with E-state index in [1.807, 2.05) is 0 Å². The molecule has 1 unspecified atom stereocenters. The Morgan fingerprint density at radius 1 is 1.35 bits per heavy atom. The molecule has 1 heterocycles. The van der Waals surface area contributed by atoms with Crippen molar-refractivity contribution in [2.45, 2.75) is 25.6 Å². The Hall–Kier alpha value is -1.96. The minimum absolute atomic E-state index is 0.124. The normalized spacial score (nSPS) is 13.5. The molecule has 0 aliphatic rings. The Morgan fingerprint density at radius 2 is 2.05 bits per heavy atom. The van der Waals surface area contributed by atoms with E-state index >= 15 is 0 Å². The molecule has 0 fully saturated rings. The van der Waals surface area contributed by atoms with Gasteiger partial charge in [-0.3, -0.25) is 0 Å². The minimum atomic E-state index is -4.58. The van der Waals surface area contributed by atoms with Gasteiger partial charge in [0.25, 0.3) is 5.89 Å². The predicted octanol–water partition coefficient (Wildman–Crippen LogP) is 3.30. The third-order valence-corrected chi connectivity index (χ3v) is 2.74. The van der Waals surface area contributed by atoms with Crippen LogP contribution in [0.5, 0.6) is 0 Å². The summed E-state index contributed by atoms with van der Waals surface area (Å²) in [6, 6.07) is 1.47. The van der Waals surface area contributed by atoms with E-state index in [2.05, 4.69) is 10.1 Å². The van der Waals surface area contributed by atoms with Gasteiger partial charge in [0, 0.05) is 0 Å². The molecule has 2 N–H and O–H groups in total. The lowest BCUT2D eigenvalue weighted by molar-refractivity contribution is -0.137. The van der Waals surface area contributed by atoms with Crippen molar-refractivity contribution in [3.05, 3.63) is 35.4 Å². The molecule has 4 nitrogen and oxygen atoms in total. The number of aromatic nitrogens is 2. The van der Waals surface area contributed by atoms with Crippen molar-refractivity contribution in [2.75, 3.05) is 0 Å². The quantitative estimate of drug-likeness (QED) is 0.880. The fraction of sp³-hybridized carbons (Fsp3) is 0.333. The van der Waals surface area contributed by atoms with Crippen molar-refractivity contribution >= 4 is 0 Å². The van der Waals surface area contributed by atoms with Gasteiger partial charge >= 0.3 is 6.18 Å². The zero-order valence-electron chi connectivity index (χ0n) is 10.4. The predicted molar refractivity (Wildman–Crippen MR) is 61.9 cm³/mol. The van der Waals surface area contributed by atoms with Gasteiger partial charge in [0.1, 0.15) is 5.82 Å². The van der Waals surface area contributed by atoms with E-state index in [0.29, 0.717) is 24.6 Å². The summed E-state index contributed by atoms with van der Waals surface area (Å²) in [5.74, 6) is -1.08. The highest BCUT2D eigenvalue weighted by atomic mass is 19.4. The third kappa shape index (κ3) is 2.79. The second kappa shape index (κ2) is 5.20. The molecule has 0 spiro atoms. The molecule has 108 valence electrons. The van der Waals surface area contributed by atoms with Crippen LogP contribution < -0.4 is 5.73 Å². The van der Waals surface area contributed by atoms with Gasteiger partial charge in [0.15, 0.2) is 5.82 Å². The first-order chi connectivity index (χ1) is 9.32. The Balaban J connectivity index is 2.44. The summed E-state index contributed by atoms with van der Waals surface area (Å²) >= 11 is 0. The zero-order valence-corrected chi connectivity index (χ0v) is 10.4. The van der Waals surface area contributed by atoms with Crippen molar-refractivity contribution in [3.8, 4) is 11.5 Å². The molecule has 0 amide bonds. The Labute approximate surface area is 111 Å². The highest BCUT2D eigenvalue weighted by molar-refractivity contribution is 5.55. The summed E-state index contributed by atoms with van der Waals surface area (Å²) in [6.45, 7) is 1.78. The molecular weight excluding hydrogens is 278 g/mol. The minimum Gasteiger partial charge on any atom is -0.334 e. The lowest BCUT2D eigenvalue weighted by Gasteiger charge is -2.07. The molecule has 0 aliphatic carbocycles. The third-order valence-electron chi connectivity index (χ3n) is 2.74. The molecule has 20 heavy (non-hydrogen) atoms. The van der Waals surface area contributed by atoms with Gasteiger partial charge in [0.05, 0.1) is 17.2 Å². The van der Waals surface area contributed by atoms with Crippen molar-refractivity contribution in [2.24, 2.45) is 5.73 Å². The summed E-state index contributed by atoms with van der Waals surface area (Å²) in [4.78, 5) is 3.83. The molecule has 0 bridgehead atoms. The molecule has 0 saturated heterocycles. The first kappa shape index (κ1) is 14.4. The van der Waals surface area contributed by atoms with E-state index in [0.717, 1.165) is 0 Å². The first-order valence-electron chi connectivity index (χ1n) is 5.79. The summed E-state index contributed by atoms with van der Waals surface area (Å²) in [5.41, 5.74) is 4.27. The van der Waals surface area contributed by atoms with E-state index in [-0.39, 0.29) is 11.7 Å². The number of halogens is 4. The summed E-state index contributed by atoms with van der Waals surface area (Å²) in [7, 11) is 0. The van der Waals surface area contributed by atoms with E-state index in [1.165, 1.54) is 0 Å². The van der Waals surface area contributed by atoms with Crippen LogP contribution in [0.2, 0.25) is 0 Å². The number of nitrogens with two attached hydrogens (primary N) is 1. The van der Waals surface area contributed by atoms with E-state index in [1.54, 1.807) is 6.92 Å². The Bertz CT molecular complexity index is 609. The average Bonchev–Trinajstić information content (AvgIpc) is 2.86. The van der Waals surface area contributed by atoms with Crippen LogP contribution in [0.3, 0.4) is 0 Å². The van der Waals surface area contributed by atoms with Crippen LogP contribution in [0.15, 0.2) is 22.7 Å². The Morgan fingerprint density at radius 3 is 2.65 bits per heavy atom. The van der Waals surface area contributed by atoms with E-state index in [9.17, 15) is 17.6 Å². The van der Waals surface area contributed by atoms with Crippen LogP contribution in [0.25, 0.3) is 11.5 Å². The average molecular weight is 289 g/mol. The molecule has 2 rings (SSSR count). The molecule has 1 aromatic heterocycles. The van der Waals surface area contributed by atoms with Crippen LogP contribution >= 0.6 is 0 Å². The molecule has 0 aliphatic heterocycles. The maximum Gasteiger partial charge on any atom is 0.416 e. The smallest absolute Gasteiger partial charge is 0.334 e. The molecule has 8 heteroatoms. The van der Waals surface area contributed by atoms with Crippen molar-refractivity contribution in [3.63, 3.8) is 0 Å². The zero-order chi connectivity index (χ0) is 14.9. The van der Waals surface area contributed by atoms with Crippen LogP contribution in [0, 0.1) is 5.82 Å². The van der Waals surface area contributed by atoms with Crippen molar-refractivity contribution in [1.82, 2.24) is 10.1 Å². The van der Waals surface area contributed by atoms with Gasteiger partial charge in [-0.15, -0.1) is 0 Å². The topological polar surface area (TPSA) is 64.9 Å². The first-order valence-corrected chi connectivity index (χ1v) is 5.79. The summed E-state index contributed by atoms with van der Waals surface area (Å²) in [6.07, 6.45) is -4.06. The largest absolute Gasteiger partial charge is 0.416 e. The van der Waals surface area contributed by atoms with Gasteiger partial charge in [0.2, 0.25) is 0 Å². The van der Waals surface area contributed by atoms with Gasteiger partial charge in [-0.05, 0) is 24.6 Å². The lowest BCUT2D eigenvalue weighted by atomic mass is 10.1. The monoisotopic (exact) mass is 289 g/mol. The SMILES string of the molecule is CCC(N)c1noc(-c2cc(C(F)(F)F)ccc2F)n1. The number of nitrogens with zero attached hydrogens (tertiary/aromatic N) is 2. The fourth-order valence-electron chi connectivity index (χ4n) is 1.54. The van der Waals surface area contributed by atoms with Gasteiger partial charge in [-0.1, -0.05) is 12.1 Å². The van der Waals surface area contributed by atoms with Gasteiger partial charge in [-0.2, -0.15) is 18.2 Å². The van der Waals surface area contributed by atoms with E-state index < -0.39 is 29.2 Å². The fourth-order valence-corrected chi connectivity index (χ4v) is 1.54. The molecule has 0 saturated carbocycles. The number of alkyl halides is 3. The van der Waals surface area contributed by atoms with Crippen molar-refractivity contribution < 1.29 is 22.1 Å². The number of benzene rings is 1. The van der Waals surface area contributed by atoms with Crippen LogP contribution in [-0.2, 0) is 6.18 Å². The second-order valence-electron chi connectivity index (χ2n) is 4.16. The lowest BCUT2D eigenvalue weighted by Crippen LogP contribution is -2.10. The molecule has 1 aromatic carbocycles. The highest BCUT2D eigenvalue weighted by Crippen LogP contribution is 2.33. The van der Waals surface area contributed by atoms with Gasteiger partial charge < -0.3 is 10.3 Å². The summed E-state index contributed by atoms with van der Waals surface area (Å²) in [5, 5.41) is 3.54. The second-order valence-corrected chi connectivity index (χ2v) is 4.16. The van der Waals surface area contributed by atoms with Crippen LogP contribution in [0.1, 0.15) is 30.8 Å². The maximum atomic E-state index is 13.6. The molecule has 2 aromatic rings. The van der Waals surface area contributed by atoms with Crippen LogP contribution in [-0.4, -0.2) is 10.1 Å². The van der Waals surface area contributed by atoms with Crippen LogP contribution in [0.4, 0.5) is 17.6 Å². The highest BCUT2D eigenvalue weighted by Gasteiger charge is 2.32. The standard InChI is InChI=1S/C12H11F4N3O/c1-2-9(17)10-18-11(20-19-10)7-5-6(12(14,15)16)3-4-8(7)13/h3-5,9H,2,17H2,1H3. The molecule has 1 atom stereocenters. The van der Waals surface area contributed by atoms with Gasteiger partial charge in [-0.25, -0.2) is 4.39 Å². The molecule has 0 radical (unpaired) electrons. The number of rotatable bonds is 3. The number of hydrogen-bond donors (Lipinski definition) is 1. The molecular formula is C12H11F4N3O. The Kier molecular flexibility index (Phi) is 3.76. The van der Waals surface area contributed by atoms with Crippen molar-refractivity contribution in [1.29, 1.82) is 0 Å². The maximum absolute atomic E-state index is 13.6. The van der Waals surface area contributed by atoms with E-state index in [4.69, 9.17) is 10.3 Å².